The zero-order chi connectivity index (χ0) is 13.6. The summed E-state index contributed by atoms with van der Waals surface area (Å²) in [6, 6.07) is 2.18. The Morgan fingerprint density at radius 2 is 2.11 bits per heavy atom. The molecule has 0 bridgehead atoms. The number of pyridine rings is 1. The average molecular weight is 252 g/mol. The zero-order valence-corrected chi connectivity index (χ0v) is 12.0. The van der Waals surface area contributed by atoms with Crippen molar-refractivity contribution in [2.45, 2.75) is 53.0 Å². The van der Waals surface area contributed by atoms with Gasteiger partial charge in [-0.05, 0) is 42.9 Å². The Balaban J connectivity index is 2.59. The lowest BCUT2D eigenvalue weighted by Gasteiger charge is -2.32. The molecular formula is C15H25FN2. The minimum atomic E-state index is -0.194. The first-order chi connectivity index (χ1) is 8.45. The van der Waals surface area contributed by atoms with Crippen LogP contribution in [0.2, 0.25) is 0 Å². The maximum atomic E-state index is 13.5. The summed E-state index contributed by atoms with van der Waals surface area (Å²) < 4.78 is 13.5. The number of hydrogen-bond acceptors (Lipinski definition) is 2. The predicted molar refractivity (Wildman–Crippen MR) is 74.1 cm³/mol. The van der Waals surface area contributed by atoms with E-state index in [0.717, 1.165) is 31.4 Å². The van der Waals surface area contributed by atoms with Gasteiger partial charge in [-0.15, -0.1) is 0 Å². The lowest BCUT2D eigenvalue weighted by molar-refractivity contribution is 0.254. The van der Waals surface area contributed by atoms with E-state index in [1.54, 1.807) is 12.3 Å². The fraction of sp³-hybridized carbons (Fsp3) is 0.667. The van der Waals surface area contributed by atoms with Crippen LogP contribution >= 0.6 is 0 Å². The molecule has 0 aromatic carbocycles. The molecule has 1 unspecified atom stereocenters. The minimum Gasteiger partial charge on any atom is -0.313 e. The van der Waals surface area contributed by atoms with Crippen LogP contribution in [0.15, 0.2) is 18.5 Å². The van der Waals surface area contributed by atoms with E-state index in [0.29, 0.717) is 6.04 Å². The van der Waals surface area contributed by atoms with Gasteiger partial charge in [0, 0.05) is 12.2 Å². The third kappa shape index (κ3) is 4.73. The van der Waals surface area contributed by atoms with Crippen molar-refractivity contribution < 1.29 is 4.39 Å². The van der Waals surface area contributed by atoms with Crippen molar-refractivity contribution in [1.29, 1.82) is 0 Å². The van der Waals surface area contributed by atoms with Gasteiger partial charge < -0.3 is 5.32 Å². The van der Waals surface area contributed by atoms with E-state index in [-0.39, 0.29) is 11.2 Å². The van der Waals surface area contributed by atoms with Gasteiger partial charge in [0.2, 0.25) is 0 Å². The summed E-state index contributed by atoms with van der Waals surface area (Å²) in [6.45, 7) is 9.85. The number of rotatable bonds is 6. The second-order valence-corrected chi connectivity index (χ2v) is 5.88. The van der Waals surface area contributed by atoms with Gasteiger partial charge in [0.25, 0.3) is 0 Å². The Labute approximate surface area is 110 Å². The molecule has 0 amide bonds. The number of hydrogen-bond donors (Lipinski definition) is 1. The average Bonchev–Trinajstić information content (AvgIpc) is 2.29. The zero-order valence-electron chi connectivity index (χ0n) is 12.0. The van der Waals surface area contributed by atoms with Crippen molar-refractivity contribution in [3.05, 3.63) is 29.8 Å². The molecule has 1 heterocycles. The highest BCUT2D eigenvalue weighted by molar-refractivity contribution is 5.12. The van der Waals surface area contributed by atoms with Crippen LogP contribution in [0.5, 0.6) is 0 Å². The van der Waals surface area contributed by atoms with E-state index in [2.05, 4.69) is 38.0 Å². The van der Waals surface area contributed by atoms with Crippen LogP contribution in [0.1, 0.15) is 46.1 Å². The molecule has 0 spiro atoms. The highest BCUT2D eigenvalue weighted by Gasteiger charge is 2.23. The van der Waals surface area contributed by atoms with Crippen LogP contribution in [0, 0.1) is 11.2 Å². The largest absolute Gasteiger partial charge is 0.313 e. The molecule has 0 aliphatic heterocycles. The molecule has 1 N–H and O–H groups in total. The normalized spacial score (nSPS) is 13.6. The molecule has 0 fully saturated rings. The first kappa shape index (κ1) is 15.1. The van der Waals surface area contributed by atoms with Crippen LogP contribution in [0.4, 0.5) is 4.39 Å². The number of nitrogens with zero attached hydrogens (tertiary/aromatic N) is 1. The lowest BCUT2D eigenvalue weighted by atomic mass is 9.83. The highest BCUT2D eigenvalue weighted by atomic mass is 19.1. The Bertz CT molecular complexity index is 358. The summed E-state index contributed by atoms with van der Waals surface area (Å²) >= 11 is 0. The molecule has 1 rings (SSSR count). The van der Waals surface area contributed by atoms with Crippen molar-refractivity contribution in [2.24, 2.45) is 5.41 Å². The topological polar surface area (TPSA) is 24.9 Å². The second kappa shape index (κ2) is 6.83. The molecule has 18 heavy (non-hydrogen) atoms. The van der Waals surface area contributed by atoms with E-state index >= 15 is 0 Å². The third-order valence-corrected chi connectivity index (χ3v) is 3.24. The van der Waals surface area contributed by atoms with Crippen LogP contribution in [0.25, 0.3) is 0 Å². The predicted octanol–water partition coefficient (Wildman–Crippen LogP) is 3.57. The maximum absolute atomic E-state index is 13.5. The van der Waals surface area contributed by atoms with Gasteiger partial charge >= 0.3 is 0 Å². The Morgan fingerprint density at radius 3 is 2.67 bits per heavy atom. The third-order valence-electron chi connectivity index (χ3n) is 3.24. The molecule has 2 nitrogen and oxygen atoms in total. The fourth-order valence-electron chi connectivity index (χ4n) is 2.07. The van der Waals surface area contributed by atoms with Crippen molar-refractivity contribution in [2.75, 3.05) is 6.54 Å². The van der Waals surface area contributed by atoms with Crippen molar-refractivity contribution >= 4 is 0 Å². The smallest absolute Gasteiger partial charge is 0.144 e. The van der Waals surface area contributed by atoms with Crippen LogP contribution in [0.3, 0.4) is 0 Å². The first-order valence-corrected chi connectivity index (χ1v) is 6.77. The summed E-state index contributed by atoms with van der Waals surface area (Å²) in [5.74, 6) is -0.194. The Kier molecular flexibility index (Phi) is 5.73. The van der Waals surface area contributed by atoms with Gasteiger partial charge in [0.15, 0.2) is 0 Å². The number of aromatic nitrogens is 1. The van der Waals surface area contributed by atoms with Gasteiger partial charge in [0.1, 0.15) is 5.82 Å². The minimum absolute atomic E-state index is 0.193. The summed E-state index contributed by atoms with van der Waals surface area (Å²) in [4.78, 5) is 3.78. The Hall–Kier alpha value is -0.960. The molecule has 0 aliphatic rings. The molecule has 102 valence electrons. The van der Waals surface area contributed by atoms with Crippen LogP contribution in [-0.4, -0.2) is 17.6 Å². The molecule has 0 aliphatic carbocycles. The van der Waals surface area contributed by atoms with E-state index in [1.165, 1.54) is 6.20 Å². The first-order valence-electron chi connectivity index (χ1n) is 6.77. The number of aryl methyl sites for hydroxylation is 1. The quantitative estimate of drug-likeness (QED) is 0.837. The van der Waals surface area contributed by atoms with Gasteiger partial charge in [-0.25, -0.2) is 4.39 Å². The van der Waals surface area contributed by atoms with E-state index in [4.69, 9.17) is 0 Å². The number of halogens is 1. The van der Waals surface area contributed by atoms with E-state index in [9.17, 15) is 4.39 Å². The second-order valence-electron chi connectivity index (χ2n) is 5.88. The van der Waals surface area contributed by atoms with E-state index in [1.807, 2.05) is 0 Å². The number of nitrogens with one attached hydrogen (secondary N) is 1. The maximum Gasteiger partial charge on any atom is 0.144 e. The monoisotopic (exact) mass is 252 g/mol. The molecule has 0 saturated heterocycles. The highest BCUT2D eigenvalue weighted by Crippen LogP contribution is 2.23. The SMILES string of the molecule is CCCNC(CCc1ccncc1F)C(C)(C)C. The van der Waals surface area contributed by atoms with Crippen LogP contribution < -0.4 is 5.32 Å². The van der Waals surface area contributed by atoms with E-state index < -0.39 is 0 Å². The summed E-state index contributed by atoms with van der Waals surface area (Å²) in [7, 11) is 0. The standard InChI is InChI=1S/C15H25FN2/c1-5-9-18-14(15(2,3)4)7-6-12-8-10-17-11-13(12)16/h8,10-11,14,18H,5-7,9H2,1-4H3. The fourth-order valence-corrected chi connectivity index (χ4v) is 2.07. The Morgan fingerprint density at radius 1 is 1.39 bits per heavy atom. The molecule has 0 saturated carbocycles. The van der Waals surface area contributed by atoms with Gasteiger partial charge in [0.05, 0.1) is 6.20 Å². The van der Waals surface area contributed by atoms with Gasteiger partial charge in [-0.3, -0.25) is 4.98 Å². The molecule has 1 aromatic heterocycles. The van der Waals surface area contributed by atoms with Gasteiger partial charge in [-0.1, -0.05) is 27.7 Å². The molecular weight excluding hydrogens is 227 g/mol. The van der Waals surface area contributed by atoms with Gasteiger partial charge in [-0.2, -0.15) is 0 Å². The molecule has 1 aromatic rings. The summed E-state index contributed by atoms with van der Waals surface area (Å²) in [6.07, 6.45) is 5.78. The van der Waals surface area contributed by atoms with Crippen molar-refractivity contribution in [3.8, 4) is 0 Å². The molecule has 0 radical (unpaired) electrons. The van der Waals surface area contributed by atoms with Crippen LogP contribution in [-0.2, 0) is 6.42 Å². The van der Waals surface area contributed by atoms with Crippen molar-refractivity contribution in [3.63, 3.8) is 0 Å². The summed E-state index contributed by atoms with van der Waals surface area (Å²) in [5, 5.41) is 3.56. The van der Waals surface area contributed by atoms with Crippen molar-refractivity contribution in [1.82, 2.24) is 10.3 Å². The molecule has 1 atom stereocenters. The lowest BCUT2D eigenvalue weighted by Crippen LogP contribution is -2.41. The molecule has 3 heteroatoms. The summed E-state index contributed by atoms with van der Waals surface area (Å²) in [5.41, 5.74) is 0.955.